The van der Waals surface area contributed by atoms with E-state index in [0.29, 0.717) is 12.2 Å². The zero-order valence-corrected chi connectivity index (χ0v) is 8.83. The fourth-order valence-corrected chi connectivity index (χ4v) is 2.82. The van der Waals surface area contributed by atoms with E-state index in [1.54, 1.807) is 0 Å². The van der Waals surface area contributed by atoms with Crippen molar-refractivity contribution in [3.05, 3.63) is 0 Å². The molecule has 0 aromatic rings. The highest BCUT2D eigenvalue weighted by molar-refractivity contribution is 4.88. The number of nitrogens with zero attached hydrogens (tertiary/aromatic N) is 1. The van der Waals surface area contributed by atoms with E-state index in [4.69, 9.17) is 4.74 Å². The summed E-state index contributed by atoms with van der Waals surface area (Å²) in [5, 5.41) is 0. The first-order valence-electron chi connectivity index (χ1n) is 5.70. The van der Waals surface area contributed by atoms with E-state index in [-0.39, 0.29) is 0 Å². The molecule has 2 fully saturated rings. The third-order valence-corrected chi connectivity index (χ3v) is 3.44. The zero-order chi connectivity index (χ0) is 9.26. The van der Waals surface area contributed by atoms with Gasteiger partial charge in [0.15, 0.2) is 0 Å². The fourth-order valence-electron chi connectivity index (χ4n) is 2.82. The first-order valence-corrected chi connectivity index (χ1v) is 5.70. The van der Waals surface area contributed by atoms with Gasteiger partial charge in [-0.2, -0.15) is 0 Å². The van der Waals surface area contributed by atoms with Crippen LogP contribution in [0.1, 0.15) is 39.5 Å². The predicted octanol–water partition coefficient (Wildman–Crippen LogP) is 2.04. The topological polar surface area (TPSA) is 12.5 Å². The Balaban J connectivity index is 2.02. The lowest BCUT2D eigenvalue weighted by Gasteiger charge is -2.46. The molecule has 1 heterocycles. The number of rotatable bonds is 1. The van der Waals surface area contributed by atoms with Crippen molar-refractivity contribution in [1.29, 1.82) is 0 Å². The number of ether oxygens (including phenoxy) is 1. The first kappa shape index (κ1) is 9.47. The molecule has 2 aliphatic rings. The van der Waals surface area contributed by atoms with Gasteiger partial charge in [-0.3, -0.25) is 4.90 Å². The van der Waals surface area contributed by atoms with Crippen LogP contribution in [0.4, 0.5) is 0 Å². The summed E-state index contributed by atoms with van der Waals surface area (Å²) < 4.78 is 5.98. The lowest BCUT2D eigenvalue weighted by Crippen LogP contribution is -2.55. The molecule has 0 bridgehead atoms. The smallest absolute Gasteiger partial charge is 0.0734 e. The number of hydrogen-bond donors (Lipinski definition) is 0. The number of fused-ring (bicyclic) bond motifs is 1. The normalized spacial score (nSPS) is 41.5. The summed E-state index contributed by atoms with van der Waals surface area (Å²) in [7, 11) is 0. The van der Waals surface area contributed by atoms with E-state index >= 15 is 0 Å². The minimum Gasteiger partial charge on any atom is -0.372 e. The van der Waals surface area contributed by atoms with Crippen molar-refractivity contribution in [2.24, 2.45) is 0 Å². The molecule has 0 aromatic carbocycles. The van der Waals surface area contributed by atoms with E-state index in [1.165, 1.54) is 32.2 Å². The van der Waals surface area contributed by atoms with Gasteiger partial charge in [-0.1, -0.05) is 19.8 Å². The predicted molar refractivity (Wildman–Crippen MR) is 53.8 cm³/mol. The summed E-state index contributed by atoms with van der Waals surface area (Å²) in [6.07, 6.45) is 6.38. The van der Waals surface area contributed by atoms with E-state index in [0.717, 1.165) is 12.6 Å². The lowest BCUT2D eigenvalue weighted by atomic mass is 9.89. The Labute approximate surface area is 81.3 Å². The average Bonchev–Trinajstić information content (AvgIpc) is 2.16. The summed E-state index contributed by atoms with van der Waals surface area (Å²) in [6.45, 7) is 6.80. The largest absolute Gasteiger partial charge is 0.372 e. The van der Waals surface area contributed by atoms with Gasteiger partial charge in [0.1, 0.15) is 0 Å². The average molecular weight is 183 g/mol. The van der Waals surface area contributed by atoms with Crippen molar-refractivity contribution in [3.8, 4) is 0 Å². The maximum Gasteiger partial charge on any atom is 0.0734 e. The van der Waals surface area contributed by atoms with E-state index < -0.39 is 0 Å². The van der Waals surface area contributed by atoms with Crippen LogP contribution in [-0.2, 0) is 4.74 Å². The number of likely N-dealkylation sites (N-methyl/N-ethyl adjacent to an activating group) is 1. The minimum atomic E-state index is 0.444. The Morgan fingerprint density at radius 1 is 1.31 bits per heavy atom. The molecule has 2 rings (SSSR count). The summed E-state index contributed by atoms with van der Waals surface area (Å²) in [5.41, 5.74) is 0. The van der Waals surface area contributed by atoms with Crippen LogP contribution in [0.2, 0.25) is 0 Å². The summed E-state index contributed by atoms with van der Waals surface area (Å²) in [5.74, 6) is 0. The van der Waals surface area contributed by atoms with Gasteiger partial charge in [0.25, 0.3) is 0 Å². The van der Waals surface area contributed by atoms with Crippen LogP contribution in [0.5, 0.6) is 0 Å². The molecule has 1 aliphatic heterocycles. The first-order chi connectivity index (χ1) is 6.31. The van der Waals surface area contributed by atoms with Crippen LogP contribution in [0.3, 0.4) is 0 Å². The SMILES string of the molecule is CCN1CC(C)OC2CCCCC21. The molecule has 0 amide bonds. The molecular weight excluding hydrogens is 162 g/mol. The standard InChI is InChI=1S/C11H21NO/c1-3-12-8-9(2)13-11-7-5-4-6-10(11)12/h9-11H,3-8H2,1-2H3. The van der Waals surface area contributed by atoms with Crippen molar-refractivity contribution >= 4 is 0 Å². The molecule has 2 heteroatoms. The maximum atomic E-state index is 5.98. The minimum absolute atomic E-state index is 0.444. The molecular formula is C11H21NO. The summed E-state index contributed by atoms with van der Waals surface area (Å²) in [6, 6.07) is 0.731. The molecule has 0 aromatic heterocycles. The summed E-state index contributed by atoms with van der Waals surface area (Å²) >= 11 is 0. The van der Waals surface area contributed by atoms with Crippen LogP contribution >= 0.6 is 0 Å². The van der Waals surface area contributed by atoms with Crippen LogP contribution in [-0.4, -0.2) is 36.2 Å². The van der Waals surface area contributed by atoms with Crippen LogP contribution in [0.15, 0.2) is 0 Å². The molecule has 2 nitrogen and oxygen atoms in total. The van der Waals surface area contributed by atoms with Crippen molar-refractivity contribution in [2.45, 2.75) is 57.8 Å². The number of morpholine rings is 1. The molecule has 0 spiro atoms. The molecule has 13 heavy (non-hydrogen) atoms. The van der Waals surface area contributed by atoms with Crippen molar-refractivity contribution in [2.75, 3.05) is 13.1 Å². The summed E-state index contributed by atoms with van der Waals surface area (Å²) in [4.78, 5) is 2.61. The molecule has 3 atom stereocenters. The molecule has 1 saturated carbocycles. The molecule has 0 radical (unpaired) electrons. The third kappa shape index (κ3) is 1.89. The van der Waals surface area contributed by atoms with E-state index in [9.17, 15) is 0 Å². The highest BCUT2D eigenvalue weighted by Crippen LogP contribution is 2.29. The van der Waals surface area contributed by atoms with Crippen LogP contribution in [0.25, 0.3) is 0 Å². The van der Waals surface area contributed by atoms with Gasteiger partial charge in [0.2, 0.25) is 0 Å². The molecule has 0 N–H and O–H groups in total. The molecule has 1 saturated heterocycles. The molecule has 1 aliphatic carbocycles. The quantitative estimate of drug-likeness (QED) is 0.617. The van der Waals surface area contributed by atoms with Gasteiger partial charge in [0, 0.05) is 12.6 Å². The Kier molecular flexibility index (Phi) is 2.89. The molecule has 3 unspecified atom stereocenters. The second-order valence-corrected chi connectivity index (χ2v) is 4.42. The van der Waals surface area contributed by atoms with Gasteiger partial charge < -0.3 is 4.74 Å². The monoisotopic (exact) mass is 183 g/mol. The lowest BCUT2D eigenvalue weighted by molar-refractivity contribution is -0.125. The Hall–Kier alpha value is -0.0800. The van der Waals surface area contributed by atoms with Crippen molar-refractivity contribution < 1.29 is 4.74 Å². The van der Waals surface area contributed by atoms with Gasteiger partial charge in [-0.05, 0) is 26.3 Å². The Morgan fingerprint density at radius 3 is 2.85 bits per heavy atom. The fraction of sp³-hybridized carbons (Fsp3) is 1.00. The van der Waals surface area contributed by atoms with Gasteiger partial charge in [-0.25, -0.2) is 0 Å². The highest BCUT2D eigenvalue weighted by atomic mass is 16.5. The second-order valence-electron chi connectivity index (χ2n) is 4.42. The van der Waals surface area contributed by atoms with Crippen LogP contribution in [0, 0.1) is 0 Å². The third-order valence-electron chi connectivity index (χ3n) is 3.44. The Bertz CT molecular complexity index is 163. The molecule has 76 valence electrons. The van der Waals surface area contributed by atoms with Gasteiger partial charge in [0.05, 0.1) is 12.2 Å². The zero-order valence-electron chi connectivity index (χ0n) is 8.83. The van der Waals surface area contributed by atoms with Crippen molar-refractivity contribution in [3.63, 3.8) is 0 Å². The second kappa shape index (κ2) is 3.97. The van der Waals surface area contributed by atoms with Gasteiger partial charge in [-0.15, -0.1) is 0 Å². The van der Waals surface area contributed by atoms with Crippen LogP contribution < -0.4 is 0 Å². The van der Waals surface area contributed by atoms with Gasteiger partial charge >= 0.3 is 0 Å². The highest BCUT2D eigenvalue weighted by Gasteiger charge is 2.35. The van der Waals surface area contributed by atoms with E-state index in [2.05, 4.69) is 18.7 Å². The maximum absolute atomic E-state index is 5.98. The Morgan fingerprint density at radius 2 is 2.08 bits per heavy atom. The van der Waals surface area contributed by atoms with E-state index in [1.807, 2.05) is 0 Å². The van der Waals surface area contributed by atoms with Crippen molar-refractivity contribution in [1.82, 2.24) is 4.90 Å². The number of hydrogen-bond acceptors (Lipinski definition) is 2.